The summed E-state index contributed by atoms with van der Waals surface area (Å²) in [5.74, 6) is 0.0231. The van der Waals surface area contributed by atoms with E-state index in [2.05, 4.69) is 19.9 Å². The third kappa shape index (κ3) is 3.09. The lowest BCUT2D eigenvalue weighted by atomic mass is 10.1. The van der Waals surface area contributed by atoms with Gasteiger partial charge in [-0.15, -0.1) is 0 Å². The Bertz CT molecular complexity index is 1100. The maximum absolute atomic E-state index is 12.2. The number of rotatable bonds is 3. The number of aromatic nitrogens is 4. The molecule has 2 heterocycles. The summed E-state index contributed by atoms with van der Waals surface area (Å²) in [6.45, 7) is 0. The molecule has 4 aromatic rings. The first-order valence-electron chi connectivity index (χ1n) is 7.56. The summed E-state index contributed by atoms with van der Waals surface area (Å²) in [7, 11) is 0. The van der Waals surface area contributed by atoms with E-state index < -0.39 is 5.56 Å². The Morgan fingerprint density at radius 1 is 0.880 bits per heavy atom. The number of hydrogen-bond donors (Lipinski definition) is 2. The zero-order chi connectivity index (χ0) is 17.2. The Morgan fingerprint density at radius 2 is 1.56 bits per heavy atom. The molecule has 2 aromatic carbocycles. The minimum atomic E-state index is -0.400. The molecular formula is C18H13N5OS. The van der Waals surface area contributed by atoms with Gasteiger partial charge in [0, 0.05) is 10.5 Å². The number of H-pyrrole nitrogens is 1. The monoisotopic (exact) mass is 347 g/mol. The van der Waals surface area contributed by atoms with E-state index in [1.807, 2.05) is 60.7 Å². The van der Waals surface area contributed by atoms with Crippen molar-refractivity contribution in [3.63, 3.8) is 0 Å². The summed E-state index contributed by atoms with van der Waals surface area (Å²) in [5, 5.41) is 0.669. The predicted molar refractivity (Wildman–Crippen MR) is 98.4 cm³/mol. The van der Waals surface area contributed by atoms with Crippen LogP contribution in [0.4, 0.5) is 5.95 Å². The number of benzene rings is 2. The Morgan fingerprint density at radius 3 is 2.28 bits per heavy atom. The van der Waals surface area contributed by atoms with Crippen molar-refractivity contribution in [2.75, 3.05) is 5.73 Å². The number of nitrogens with zero attached hydrogens (tertiary/aromatic N) is 3. The SMILES string of the molecule is Nc1nc2nc(Sc3ccccc3)c(-c3ccccc3)nc2c(=O)[nH]1. The summed E-state index contributed by atoms with van der Waals surface area (Å²) in [6.07, 6.45) is 0. The highest BCUT2D eigenvalue weighted by molar-refractivity contribution is 7.99. The van der Waals surface area contributed by atoms with E-state index in [9.17, 15) is 4.79 Å². The lowest BCUT2D eigenvalue weighted by Crippen LogP contribution is -2.14. The molecule has 0 spiro atoms. The molecule has 0 aliphatic carbocycles. The van der Waals surface area contributed by atoms with Crippen molar-refractivity contribution in [3.8, 4) is 11.3 Å². The van der Waals surface area contributed by atoms with E-state index >= 15 is 0 Å². The van der Waals surface area contributed by atoms with Gasteiger partial charge in [0.05, 0.1) is 0 Å². The minimum absolute atomic E-state index is 0.0231. The second kappa shape index (κ2) is 6.37. The first-order chi connectivity index (χ1) is 12.2. The van der Waals surface area contributed by atoms with Crippen molar-refractivity contribution in [2.24, 2.45) is 0 Å². The first kappa shape index (κ1) is 15.3. The van der Waals surface area contributed by atoms with E-state index in [4.69, 9.17) is 5.73 Å². The van der Waals surface area contributed by atoms with Crippen LogP contribution in [0.25, 0.3) is 22.4 Å². The largest absolute Gasteiger partial charge is 0.369 e. The summed E-state index contributed by atoms with van der Waals surface area (Å²) >= 11 is 1.47. The van der Waals surface area contributed by atoms with Crippen LogP contribution < -0.4 is 11.3 Å². The molecule has 3 N–H and O–H groups in total. The van der Waals surface area contributed by atoms with Crippen LogP contribution in [0.1, 0.15) is 0 Å². The van der Waals surface area contributed by atoms with E-state index in [1.165, 1.54) is 11.8 Å². The highest BCUT2D eigenvalue weighted by atomic mass is 32.2. The average Bonchev–Trinajstić information content (AvgIpc) is 2.63. The zero-order valence-corrected chi connectivity index (χ0v) is 13.8. The Balaban J connectivity index is 1.96. The molecule has 0 bridgehead atoms. The minimum Gasteiger partial charge on any atom is -0.369 e. The van der Waals surface area contributed by atoms with E-state index in [1.54, 1.807) is 0 Å². The highest BCUT2D eigenvalue weighted by Crippen LogP contribution is 2.33. The molecule has 0 aliphatic rings. The van der Waals surface area contributed by atoms with Crippen LogP contribution in [0.15, 0.2) is 75.4 Å². The summed E-state index contributed by atoms with van der Waals surface area (Å²) in [5.41, 5.74) is 7.16. The van der Waals surface area contributed by atoms with Crippen molar-refractivity contribution < 1.29 is 0 Å². The fraction of sp³-hybridized carbons (Fsp3) is 0. The van der Waals surface area contributed by atoms with Gasteiger partial charge in [-0.3, -0.25) is 9.78 Å². The van der Waals surface area contributed by atoms with Gasteiger partial charge in [-0.1, -0.05) is 60.3 Å². The van der Waals surface area contributed by atoms with Crippen LogP contribution in [0.5, 0.6) is 0 Å². The van der Waals surface area contributed by atoms with Crippen molar-refractivity contribution in [1.29, 1.82) is 0 Å². The van der Waals surface area contributed by atoms with Gasteiger partial charge < -0.3 is 5.73 Å². The highest BCUT2D eigenvalue weighted by Gasteiger charge is 2.15. The molecule has 2 aromatic heterocycles. The van der Waals surface area contributed by atoms with Gasteiger partial charge in [0.25, 0.3) is 5.56 Å². The summed E-state index contributed by atoms with van der Waals surface area (Å²) in [6, 6.07) is 19.5. The molecule has 0 atom stereocenters. The molecule has 7 heteroatoms. The number of fused-ring (bicyclic) bond motifs is 1. The zero-order valence-electron chi connectivity index (χ0n) is 13.0. The van der Waals surface area contributed by atoms with Crippen LogP contribution >= 0.6 is 11.8 Å². The number of hydrogen-bond acceptors (Lipinski definition) is 6. The number of nitrogen functional groups attached to an aromatic ring is 1. The third-order valence-electron chi connectivity index (χ3n) is 3.53. The summed E-state index contributed by atoms with van der Waals surface area (Å²) in [4.78, 5) is 28.9. The molecule has 0 unspecified atom stereocenters. The van der Waals surface area contributed by atoms with Gasteiger partial charge in [-0.2, -0.15) is 4.98 Å². The fourth-order valence-corrected chi connectivity index (χ4v) is 3.32. The van der Waals surface area contributed by atoms with Crippen molar-refractivity contribution >= 4 is 28.9 Å². The molecule has 0 aliphatic heterocycles. The van der Waals surface area contributed by atoms with Gasteiger partial charge in [-0.05, 0) is 12.1 Å². The number of nitrogens with one attached hydrogen (secondary N) is 1. The molecule has 0 saturated heterocycles. The molecule has 4 rings (SSSR count). The van der Waals surface area contributed by atoms with Crippen LogP contribution in [-0.2, 0) is 0 Å². The molecule has 0 amide bonds. The number of anilines is 1. The second-order valence-corrected chi connectivity index (χ2v) is 6.34. The molecule has 25 heavy (non-hydrogen) atoms. The van der Waals surface area contributed by atoms with E-state index in [0.717, 1.165) is 10.5 Å². The molecular weight excluding hydrogens is 334 g/mol. The third-order valence-corrected chi connectivity index (χ3v) is 4.52. The van der Waals surface area contributed by atoms with Crippen LogP contribution in [0, 0.1) is 0 Å². The van der Waals surface area contributed by atoms with Crippen LogP contribution in [-0.4, -0.2) is 19.9 Å². The first-order valence-corrected chi connectivity index (χ1v) is 8.38. The Kier molecular flexibility index (Phi) is 3.91. The molecule has 122 valence electrons. The van der Waals surface area contributed by atoms with Gasteiger partial charge in [0.1, 0.15) is 10.7 Å². The lowest BCUT2D eigenvalue weighted by Gasteiger charge is -2.09. The molecule has 0 radical (unpaired) electrons. The smallest absolute Gasteiger partial charge is 0.280 e. The quantitative estimate of drug-likeness (QED) is 0.591. The van der Waals surface area contributed by atoms with Gasteiger partial charge in [0.15, 0.2) is 11.2 Å². The fourth-order valence-electron chi connectivity index (χ4n) is 2.41. The normalized spacial score (nSPS) is 10.9. The van der Waals surface area contributed by atoms with Gasteiger partial charge in [0.2, 0.25) is 5.95 Å². The van der Waals surface area contributed by atoms with Crippen molar-refractivity contribution in [3.05, 3.63) is 71.0 Å². The molecule has 6 nitrogen and oxygen atoms in total. The van der Waals surface area contributed by atoms with E-state index in [-0.39, 0.29) is 17.1 Å². The number of nitrogens with two attached hydrogens (primary N) is 1. The standard InChI is InChI=1S/C18H13N5OS/c19-18-22-15-14(16(24)23-18)20-13(11-7-3-1-4-8-11)17(21-15)25-12-9-5-2-6-10-12/h1-10H,(H3,19,21,22,23,24). The maximum Gasteiger partial charge on any atom is 0.280 e. The molecule has 0 saturated carbocycles. The molecule has 0 fully saturated rings. The van der Waals surface area contributed by atoms with E-state index in [0.29, 0.717) is 10.7 Å². The van der Waals surface area contributed by atoms with Crippen LogP contribution in [0.2, 0.25) is 0 Å². The maximum atomic E-state index is 12.2. The Hall–Kier alpha value is -3.19. The topological polar surface area (TPSA) is 97.5 Å². The lowest BCUT2D eigenvalue weighted by molar-refractivity contribution is 1.06. The summed E-state index contributed by atoms with van der Waals surface area (Å²) < 4.78 is 0. The van der Waals surface area contributed by atoms with Crippen molar-refractivity contribution in [1.82, 2.24) is 19.9 Å². The van der Waals surface area contributed by atoms with Crippen LogP contribution in [0.3, 0.4) is 0 Å². The average molecular weight is 347 g/mol. The van der Waals surface area contributed by atoms with Gasteiger partial charge >= 0.3 is 0 Å². The van der Waals surface area contributed by atoms with Crippen molar-refractivity contribution in [2.45, 2.75) is 9.92 Å². The number of aromatic amines is 1. The second-order valence-electron chi connectivity index (χ2n) is 5.28. The van der Waals surface area contributed by atoms with Gasteiger partial charge in [-0.25, -0.2) is 9.97 Å². The predicted octanol–water partition coefficient (Wildman–Crippen LogP) is 3.11. The Labute approximate surface area is 147 Å².